The van der Waals surface area contributed by atoms with E-state index in [-0.39, 0.29) is 0 Å². The molecule has 3 rings (SSSR count). The number of allylic oxidation sites excluding steroid dienone is 1. The number of para-hydroxylation sites is 3. The van der Waals surface area contributed by atoms with Crippen LogP contribution < -0.4 is 4.74 Å². The Hall–Kier alpha value is -3.06. The van der Waals surface area contributed by atoms with Gasteiger partial charge in [0.15, 0.2) is 5.82 Å². The lowest BCUT2D eigenvalue weighted by molar-refractivity contribution is 0.339. The smallest absolute Gasteiger partial charge is 0.151 e. The quantitative estimate of drug-likeness (QED) is 0.650. The van der Waals surface area contributed by atoms with Crippen LogP contribution in [0, 0.1) is 11.3 Å². The van der Waals surface area contributed by atoms with Crippen LogP contribution in [0.15, 0.2) is 48.5 Å². The number of fused-ring (bicyclic) bond motifs is 1. The summed E-state index contributed by atoms with van der Waals surface area (Å²) in [6.07, 6.45) is 1.85. The minimum atomic E-state index is 0.528. The normalized spacial score (nSPS) is 11.5. The van der Waals surface area contributed by atoms with E-state index in [4.69, 9.17) is 4.74 Å². The molecule has 4 nitrogen and oxygen atoms in total. The first kappa shape index (κ1) is 15.8. The van der Waals surface area contributed by atoms with Gasteiger partial charge in [-0.2, -0.15) is 5.26 Å². The van der Waals surface area contributed by atoms with Crippen LogP contribution in [0.3, 0.4) is 0 Å². The number of hydrogen-bond donors (Lipinski definition) is 0. The highest BCUT2D eigenvalue weighted by Crippen LogP contribution is 2.26. The molecule has 0 bridgehead atoms. The highest BCUT2D eigenvalue weighted by Gasteiger charge is 2.14. The fourth-order valence-corrected chi connectivity index (χ4v) is 2.79. The van der Waals surface area contributed by atoms with E-state index in [1.165, 1.54) is 0 Å². The summed E-state index contributed by atoms with van der Waals surface area (Å²) in [7, 11) is 0. The molecule has 1 heterocycles. The van der Waals surface area contributed by atoms with E-state index in [0.29, 0.717) is 18.0 Å². The van der Waals surface area contributed by atoms with Crippen molar-refractivity contribution in [1.29, 1.82) is 5.26 Å². The van der Waals surface area contributed by atoms with E-state index < -0.39 is 0 Å². The molecule has 0 spiro atoms. The third-order valence-electron chi connectivity index (χ3n) is 3.85. The van der Waals surface area contributed by atoms with Gasteiger partial charge < -0.3 is 9.30 Å². The van der Waals surface area contributed by atoms with Crippen molar-refractivity contribution < 1.29 is 4.74 Å². The molecule has 0 saturated carbocycles. The number of benzene rings is 2. The van der Waals surface area contributed by atoms with Crippen molar-refractivity contribution in [1.82, 2.24) is 9.55 Å². The van der Waals surface area contributed by atoms with Gasteiger partial charge in [0, 0.05) is 12.1 Å². The summed E-state index contributed by atoms with van der Waals surface area (Å²) in [4.78, 5) is 4.66. The Morgan fingerprint density at radius 1 is 1.17 bits per heavy atom. The summed E-state index contributed by atoms with van der Waals surface area (Å²) >= 11 is 0. The van der Waals surface area contributed by atoms with Crippen molar-refractivity contribution in [2.45, 2.75) is 20.4 Å². The third kappa shape index (κ3) is 2.89. The second-order valence-electron chi connectivity index (χ2n) is 5.31. The summed E-state index contributed by atoms with van der Waals surface area (Å²) in [6, 6.07) is 17.9. The lowest BCUT2D eigenvalue weighted by Gasteiger charge is -2.08. The first-order chi connectivity index (χ1) is 11.8. The molecule has 0 aliphatic carbocycles. The van der Waals surface area contributed by atoms with Gasteiger partial charge in [-0.25, -0.2) is 4.98 Å². The van der Waals surface area contributed by atoms with Crippen molar-refractivity contribution in [2.75, 3.05) is 6.61 Å². The topological polar surface area (TPSA) is 50.8 Å². The van der Waals surface area contributed by atoms with E-state index in [1.54, 1.807) is 0 Å². The number of nitrogens with zero attached hydrogens (tertiary/aromatic N) is 3. The SMILES string of the molecule is CCOc1ccccc1/C=C(/C#N)c1nc2ccccc2n1CC. The second kappa shape index (κ2) is 7.01. The minimum absolute atomic E-state index is 0.528. The number of imidazole rings is 1. The van der Waals surface area contributed by atoms with Crippen molar-refractivity contribution in [3.05, 3.63) is 59.9 Å². The maximum Gasteiger partial charge on any atom is 0.151 e. The van der Waals surface area contributed by atoms with Crippen molar-refractivity contribution in [2.24, 2.45) is 0 Å². The molecule has 0 aliphatic rings. The first-order valence-corrected chi connectivity index (χ1v) is 8.07. The maximum atomic E-state index is 9.69. The van der Waals surface area contributed by atoms with Gasteiger partial charge in [-0.15, -0.1) is 0 Å². The highest BCUT2D eigenvalue weighted by molar-refractivity contribution is 5.91. The number of aryl methyl sites for hydroxylation is 1. The summed E-state index contributed by atoms with van der Waals surface area (Å²) in [6.45, 7) is 5.34. The minimum Gasteiger partial charge on any atom is -0.493 e. The Morgan fingerprint density at radius 2 is 1.92 bits per heavy atom. The lowest BCUT2D eigenvalue weighted by atomic mass is 10.1. The Bertz CT molecular complexity index is 931. The van der Waals surface area contributed by atoms with Gasteiger partial charge in [0.2, 0.25) is 0 Å². The molecule has 0 N–H and O–H groups in total. The van der Waals surface area contributed by atoms with Crippen LogP contribution in [0.5, 0.6) is 5.75 Å². The average Bonchev–Trinajstić information content (AvgIpc) is 2.99. The lowest BCUT2D eigenvalue weighted by Crippen LogP contribution is -2.00. The molecule has 0 unspecified atom stereocenters. The number of ether oxygens (including phenoxy) is 1. The summed E-state index contributed by atoms with van der Waals surface area (Å²) in [5.41, 5.74) is 3.34. The first-order valence-electron chi connectivity index (χ1n) is 8.07. The van der Waals surface area contributed by atoms with Gasteiger partial charge >= 0.3 is 0 Å². The summed E-state index contributed by atoms with van der Waals surface area (Å²) < 4.78 is 7.72. The van der Waals surface area contributed by atoms with Crippen molar-refractivity contribution in [3.8, 4) is 11.8 Å². The molecular formula is C20H19N3O. The van der Waals surface area contributed by atoms with E-state index >= 15 is 0 Å². The monoisotopic (exact) mass is 317 g/mol. The fourth-order valence-electron chi connectivity index (χ4n) is 2.79. The molecule has 24 heavy (non-hydrogen) atoms. The average molecular weight is 317 g/mol. The van der Waals surface area contributed by atoms with Crippen molar-refractivity contribution >= 4 is 22.7 Å². The molecule has 1 aromatic heterocycles. The molecule has 0 saturated heterocycles. The molecule has 0 aliphatic heterocycles. The second-order valence-corrected chi connectivity index (χ2v) is 5.31. The van der Waals surface area contributed by atoms with Gasteiger partial charge in [-0.05, 0) is 38.1 Å². The number of rotatable bonds is 5. The molecule has 4 heteroatoms. The van der Waals surface area contributed by atoms with Crippen LogP contribution in [0.25, 0.3) is 22.7 Å². The molecule has 0 fully saturated rings. The molecule has 2 aromatic carbocycles. The van der Waals surface area contributed by atoms with Crippen molar-refractivity contribution in [3.63, 3.8) is 0 Å². The summed E-state index contributed by atoms with van der Waals surface area (Å²) in [5, 5.41) is 9.69. The third-order valence-corrected chi connectivity index (χ3v) is 3.85. The van der Waals surface area contributed by atoms with Gasteiger partial charge in [-0.1, -0.05) is 30.3 Å². The van der Waals surface area contributed by atoms with Gasteiger partial charge in [0.25, 0.3) is 0 Å². The van der Waals surface area contributed by atoms with E-state index in [9.17, 15) is 5.26 Å². The standard InChI is InChI=1S/C20H19N3O/c1-3-23-18-11-7-6-10-17(18)22-20(23)16(14-21)13-15-9-5-8-12-19(15)24-4-2/h5-13H,3-4H2,1-2H3/b16-13-. The zero-order chi connectivity index (χ0) is 16.9. The van der Waals surface area contributed by atoms with Gasteiger partial charge in [0.05, 0.1) is 23.2 Å². The number of hydrogen-bond acceptors (Lipinski definition) is 3. The van der Waals surface area contributed by atoms with Gasteiger partial charge in [-0.3, -0.25) is 0 Å². The van der Waals surface area contributed by atoms with E-state index in [0.717, 1.165) is 28.9 Å². The van der Waals surface area contributed by atoms with Crippen LogP contribution in [0.1, 0.15) is 25.2 Å². The molecule has 3 aromatic rings. The Kier molecular flexibility index (Phi) is 4.62. The van der Waals surface area contributed by atoms with E-state index in [2.05, 4.69) is 22.5 Å². The predicted molar refractivity (Wildman–Crippen MR) is 96.5 cm³/mol. The molecule has 0 amide bonds. The van der Waals surface area contributed by atoms with Crippen LogP contribution >= 0.6 is 0 Å². The summed E-state index contributed by atoms with van der Waals surface area (Å²) in [5.74, 6) is 1.46. The predicted octanol–water partition coefficient (Wildman–Crippen LogP) is 4.52. The van der Waals surface area contributed by atoms with Crippen LogP contribution in [0.4, 0.5) is 0 Å². The molecule has 0 radical (unpaired) electrons. The molecule has 120 valence electrons. The molecule has 0 atom stereocenters. The van der Waals surface area contributed by atoms with Crippen LogP contribution in [-0.2, 0) is 6.54 Å². The Morgan fingerprint density at radius 3 is 2.67 bits per heavy atom. The Labute approximate surface area is 141 Å². The van der Waals surface area contributed by atoms with Crippen LogP contribution in [0.2, 0.25) is 0 Å². The van der Waals surface area contributed by atoms with E-state index in [1.807, 2.05) is 61.5 Å². The zero-order valence-corrected chi connectivity index (χ0v) is 13.9. The zero-order valence-electron chi connectivity index (χ0n) is 13.9. The number of nitriles is 1. The number of aromatic nitrogens is 2. The van der Waals surface area contributed by atoms with Crippen LogP contribution in [-0.4, -0.2) is 16.2 Å². The Balaban J connectivity index is 2.15. The fraction of sp³-hybridized carbons (Fsp3) is 0.200. The highest BCUT2D eigenvalue weighted by atomic mass is 16.5. The maximum absolute atomic E-state index is 9.69. The molecular weight excluding hydrogens is 298 g/mol. The largest absolute Gasteiger partial charge is 0.493 e. The van der Waals surface area contributed by atoms with Gasteiger partial charge in [0.1, 0.15) is 11.8 Å².